The topological polar surface area (TPSA) is 50.4 Å². The summed E-state index contributed by atoms with van der Waals surface area (Å²) in [4.78, 5) is 11.5. The van der Waals surface area contributed by atoms with Gasteiger partial charge in [-0.25, -0.2) is 0 Å². The summed E-state index contributed by atoms with van der Waals surface area (Å²) in [5, 5.41) is 6.03. The average molecular weight is 272 g/mol. The van der Waals surface area contributed by atoms with Gasteiger partial charge in [0.05, 0.1) is 12.7 Å². The van der Waals surface area contributed by atoms with E-state index >= 15 is 0 Å². The molecule has 1 aromatic carbocycles. The highest BCUT2D eigenvalue weighted by molar-refractivity contribution is 5.94. The van der Waals surface area contributed by atoms with Crippen LogP contribution in [-0.2, 0) is 9.53 Å². The van der Waals surface area contributed by atoms with E-state index in [9.17, 15) is 4.79 Å². The van der Waals surface area contributed by atoms with Crippen LogP contribution in [0.4, 0.5) is 0 Å². The number of nitrogens with one attached hydrogen (secondary N) is 2. The third kappa shape index (κ3) is 5.43. The highest BCUT2D eigenvalue weighted by atomic mass is 16.5. The summed E-state index contributed by atoms with van der Waals surface area (Å²) in [7, 11) is 0. The van der Waals surface area contributed by atoms with Gasteiger partial charge < -0.3 is 15.4 Å². The van der Waals surface area contributed by atoms with Crippen LogP contribution in [0.2, 0.25) is 0 Å². The number of carbonyl (C=O) groups excluding carboxylic acids is 1. The molecule has 1 aliphatic rings. The van der Waals surface area contributed by atoms with E-state index in [2.05, 4.69) is 22.5 Å². The summed E-state index contributed by atoms with van der Waals surface area (Å²) >= 11 is 0. The molecule has 1 heterocycles. The van der Waals surface area contributed by atoms with Crippen LogP contribution in [0, 0.1) is 11.8 Å². The minimum Gasteiger partial charge on any atom is -0.376 e. The summed E-state index contributed by atoms with van der Waals surface area (Å²) < 4.78 is 5.69. The Morgan fingerprint density at radius 2 is 2.05 bits per heavy atom. The molecule has 4 heteroatoms. The number of benzene rings is 1. The van der Waals surface area contributed by atoms with Gasteiger partial charge in [-0.05, 0) is 38.1 Å². The molecule has 1 amide bonds. The molecule has 106 valence electrons. The molecule has 1 saturated heterocycles. The Morgan fingerprint density at radius 1 is 1.30 bits per heavy atom. The van der Waals surface area contributed by atoms with Gasteiger partial charge >= 0.3 is 0 Å². The minimum atomic E-state index is -0.261. The van der Waals surface area contributed by atoms with Gasteiger partial charge in [0.2, 0.25) is 0 Å². The zero-order valence-corrected chi connectivity index (χ0v) is 11.5. The zero-order valence-electron chi connectivity index (χ0n) is 11.5. The van der Waals surface area contributed by atoms with Crippen LogP contribution < -0.4 is 10.6 Å². The van der Waals surface area contributed by atoms with Gasteiger partial charge in [0.25, 0.3) is 5.91 Å². The molecule has 0 saturated carbocycles. The minimum absolute atomic E-state index is 0.261. The molecule has 1 aliphatic heterocycles. The number of carbonyl (C=O) groups is 1. The van der Waals surface area contributed by atoms with Gasteiger partial charge in [0.15, 0.2) is 0 Å². The zero-order chi connectivity index (χ0) is 14.0. The SMILES string of the molecule is O=C(C#Cc1ccccc1)NCCOC1CCNCC1. The summed E-state index contributed by atoms with van der Waals surface area (Å²) in [6.45, 7) is 3.08. The lowest BCUT2D eigenvalue weighted by Crippen LogP contribution is -2.34. The maximum absolute atomic E-state index is 11.5. The van der Waals surface area contributed by atoms with Crippen molar-refractivity contribution in [3.63, 3.8) is 0 Å². The van der Waals surface area contributed by atoms with Crippen molar-refractivity contribution < 1.29 is 9.53 Å². The number of hydrogen-bond acceptors (Lipinski definition) is 3. The van der Waals surface area contributed by atoms with Crippen LogP contribution >= 0.6 is 0 Å². The van der Waals surface area contributed by atoms with Crippen LogP contribution in [0.3, 0.4) is 0 Å². The molecular weight excluding hydrogens is 252 g/mol. The van der Waals surface area contributed by atoms with Crippen molar-refractivity contribution in [2.75, 3.05) is 26.2 Å². The normalized spacial score (nSPS) is 15.2. The van der Waals surface area contributed by atoms with Crippen molar-refractivity contribution in [3.8, 4) is 11.8 Å². The van der Waals surface area contributed by atoms with Crippen LogP contribution in [0.15, 0.2) is 30.3 Å². The van der Waals surface area contributed by atoms with Crippen molar-refractivity contribution in [2.45, 2.75) is 18.9 Å². The Labute approximate surface area is 119 Å². The Hall–Kier alpha value is -1.83. The summed E-state index contributed by atoms with van der Waals surface area (Å²) in [6.07, 6.45) is 2.41. The smallest absolute Gasteiger partial charge is 0.296 e. The van der Waals surface area contributed by atoms with Gasteiger partial charge in [-0.15, -0.1) is 0 Å². The molecule has 2 rings (SSSR count). The van der Waals surface area contributed by atoms with E-state index in [0.29, 0.717) is 19.3 Å². The van der Waals surface area contributed by atoms with Gasteiger partial charge in [-0.1, -0.05) is 24.1 Å². The second-order valence-corrected chi connectivity index (χ2v) is 4.69. The number of rotatable bonds is 4. The van der Waals surface area contributed by atoms with Gasteiger partial charge in [-0.3, -0.25) is 4.79 Å². The number of ether oxygens (including phenoxy) is 1. The first-order valence-electron chi connectivity index (χ1n) is 7.02. The summed E-state index contributed by atoms with van der Waals surface area (Å²) in [5.41, 5.74) is 0.841. The maximum Gasteiger partial charge on any atom is 0.296 e. The van der Waals surface area contributed by atoms with Gasteiger partial charge in [-0.2, -0.15) is 0 Å². The van der Waals surface area contributed by atoms with Gasteiger partial charge in [0, 0.05) is 18.0 Å². The average Bonchev–Trinajstić information content (AvgIpc) is 2.52. The maximum atomic E-state index is 11.5. The van der Waals surface area contributed by atoms with Crippen LogP contribution in [0.1, 0.15) is 18.4 Å². The molecule has 0 radical (unpaired) electrons. The van der Waals surface area contributed by atoms with Crippen LogP contribution in [-0.4, -0.2) is 38.3 Å². The lowest BCUT2D eigenvalue weighted by atomic mass is 10.1. The van der Waals surface area contributed by atoms with Crippen molar-refractivity contribution in [2.24, 2.45) is 0 Å². The third-order valence-corrected chi connectivity index (χ3v) is 3.12. The quantitative estimate of drug-likeness (QED) is 0.633. The fourth-order valence-corrected chi connectivity index (χ4v) is 2.05. The standard InChI is InChI=1S/C16H20N2O2/c19-16(7-6-14-4-2-1-3-5-14)18-12-13-20-15-8-10-17-11-9-15/h1-5,15,17H,8-13H2,(H,18,19). The van der Waals surface area contributed by atoms with Crippen molar-refractivity contribution in [1.29, 1.82) is 0 Å². The molecule has 4 nitrogen and oxygen atoms in total. The molecule has 2 N–H and O–H groups in total. The molecule has 0 unspecified atom stereocenters. The fourth-order valence-electron chi connectivity index (χ4n) is 2.05. The Bertz CT molecular complexity index is 470. The van der Waals surface area contributed by atoms with E-state index in [-0.39, 0.29) is 5.91 Å². The van der Waals surface area contributed by atoms with E-state index < -0.39 is 0 Å². The van der Waals surface area contributed by atoms with E-state index in [0.717, 1.165) is 31.5 Å². The predicted molar refractivity (Wildman–Crippen MR) is 78.2 cm³/mol. The van der Waals surface area contributed by atoms with Gasteiger partial charge in [0.1, 0.15) is 0 Å². The van der Waals surface area contributed by atoms with E-state index in [1.807, 2.05) is 30.3 Å². The predicted octanol–water partition coefficient (Wildman–Crippen LogP) is 0.923. The van der Waals surface area contributed by atoms with Crippen molar-refractivity contribution in [1.82, 2.24) is 10.6 Å². The lowest BCUT2D eigenvalue weighted by molar-refractivity contribution is -0.116. The lowest BCUT2D eigenvalue weighted by Gasteiger charge is -2.22. The first-order chi connectivity index (χ1) is 9.84. The molecule has 0 aliphatic carbocycles. The van der Waals surface area contributed by atoms with Crippen LogP contribution in [0.5, 0.6) is 0 Å². The van der Waals surface area contributed by atoms with Crippen molar-refractivity contribution in [3.05, 3.63) is 35.9 Å². The molecule has 0 bridgehead atoms. The molecule has 0 atom stereocenters. The third-order valence-electron chi connectivity index (χ3n) is 3.12. The Kier molecular flexibility index (Phi) is 6.09. The molecule has 1 aromatic rings. The highest BCUT2D eigenvalue weighted by Gasteiger charge is 2.12. The molecule has 1 fully saturated rings. The highest BCUT2D eigenvalue weighted by Crippen LogP contribution is 2.06. The van der Waals surface area contributed by atoms with E-state index in [1.165, 1.54) is 0 Å². The molecule has 20 heavy (non-hydrogen) atoms. The van der Waals surface area contributed by atoms with Crippen LogP contribution in [0.25, 0.3) is 0 Å². The van der Waals surface area contributed by atoms with E-state index in [4.69, 9.17) is 4.74 Å². The number of amides is 1. The Balaban J connectivity index is 1.62. The first-order valence-corrected chi connectivity index (χ1v) is 7.02. The Morgan fingerprint density at radius 3 is 2.80 bits per heavy atom. The molecule has 0 aromatic heterocycles. The summed E-state index contributed by atoms with van der Waals surface area (Å²) in [6, 6.07) is 9.47. The fraction of sp³-hybridized carbons (Fsp3) is 0.438. The summed E-state index contributed by atoms with van der Waals surface area (Å²) in [5.74, 6) is 5.13. The van der Waals surface area contributed by atoms with E-state index in [1.54, 1.807) is 0 Å². The molecule has 0 spiro atoms. The number of piperidine rings is 1. The monoisotopic (exact) mass is 272 g/mol. The molecular formula is C16H20N2O2. The first kappa shape index (κ1) is 14.6. The largest absolute Gasteiger partial charge is 0.376 e. The second-order valence-electron chi connectivity index (χ2n) is 4.69. The number of hydrogen-bond donors (Lipinski definition) is 2. The second kappa shape index (κ2) is 8.36. The van der Waals surface area contributed by atoms with Crippen molar-refractivity contribution >= 4 is 5.91 Å².